The van der Waals surface area contributed by atoms with Gasteiger partial charge in [0.15, 0.2) is 0 Å². The molecule has 1 aromatic carbocycles. The first-order valence-corrected chi connectivity index (χ1v) is 12.4. The van der Waals surface area contributed by atoms with Crippen molar-refractivity contribution in [3.05, 3.63) is 40.5 Å². The number of hydrogen-bond donors (Lipinski definition) is 0. The van der Waals surface area contributed by atoms with E-state index in [1.165, 1.54) is 0 Å². The average Bonchev–Trinajstić information content (AvgIpc) is 2.74. The van der Waals surface area contributed by atoms with Crippen LogP contribution in [0, 0.1) is 6.92 Å². The molecule has 1 aromatic heterocycles. The van der Waals surface area contributed by atoms with Crippen molar-refractivity contribution < 1.29 is 8.42 Å². The van der Waals surface area contributed by atoms with Crippen molar-refractivity contribution in [3.63, 3.8) is 0 Å². The van der Waals surface area contributed by atoms with Gasteiger partial charge in [-0.2, -0.15) is 9.29 Å². The molecule has 0 atom stereocenters. The zero-order chi connectivity index (χ0) is 21.3. The summed E-state index contributed by atoms with van der Waals surface area (Å²) in [6, 6.07) is 8.98. The molecule has 3 heterocycles. The van der Waals surface area contributed by atoms with Gasteiger partial charge >= 0.3 is 0 Å². The number of likely N-dealkylation sites (N-methyl/N-ethyl adjacent to an activating group) is 1. The Morgan fingerprint density at radius 1 is 0.900 bits per heavy atom. The highest BCUT2D eigenvalue weighted by atomic mass is 79.9. The largest absolute Gasteiger partial charge is 0.354 e. The molecule has 0 unspecified atom stereocenters. The van der Waals surface area contributed by atoms with Gasteiger partial charge < -0.3 is 14.7 Å². The van der Waals surface area contributed by atoms with Crippen LogP contribution < -0.4 is 9.80 Å². The minimum absolute atomic E-state index is 0.308. The second-order valence-corrected chi connectivity index (χ2v) is 10.5. The fourth-order valence-electron chi connectivity index (χ4n) is 3.80. The molecule has 162 valence electrons. The number of anilines is 2. The van der Waals surface area contributed by atoms with E-state index in [0.29, 0.717) is 41.5 Å². The first kappa shape index (κ1) is 21.5. The van der Waals surface area contributed by atoms with Gasteiger partial charge in [0, 0.05) is 68.6 Å². The maximum atomic E-state index is 13.0. The predicted molar refractivity (Wildman–Crippen MR) is 122 cm³/mol. The summed E-state index contributed by atoms with van der Waals surface area (Å²) in [5.41, 5.74) is 0.928. The number of aryl methyl sites for hydroxylation is 1. The van der Waals surface area contributed by atoms with Crippen LogP contribution in [0.5, 0.6) is 0 Å². The van der Waals surface area contributed by atoms with E-state index in [-0.39, 0.29) is 0 Å². The zero-order valence-corrected chi connectivity index (χ0v) is 19.7. The van der Waals surface area contributed by atoms with Crippen molar-refractivity contribution >= 4 is 37.7 Å². The standard InChI is InChI=1S/C20H27BrN6O2S/c1-16-15-19(25-9-7-24(2)8-10-25)23-20(22-16)26-11-13-27(14-12-26)30(28,29)18-6-4-3-5-17(18)21/h3-6,15H,7-14H2,1-2H3. The third kappa shape index (κ3) is 4.46. The lowest BCUT2D eigenvalue weighted by Crippen LogP contribution is -2.49. The van der Waals surface area contributed by atoms with Crippen LogP contribution in [0.2, 0.25) is 0 Å². The van der Waals surface area contributed by atoms with Crippen molar-refractivity contribution in [2.75, 3.05) is 69.2 Å². The molecule has 10 heteroatoms. The number of rotatable bonds is 4. The van der Waals surface area contributed by atoms with Crippen LogP contribution in [0.1, 0.15) is 5.69 Å². The van der Waals surface area contributed by atoms with Gasteiger partial charge in [-0.1, -0.05) is 12.1 Å². The van der Waals surface area contributed by atoms with E-state index in [4.69, 9.17) is 4.98 Å². The Kier molecular flexibility index (Phi) is 6.29. The molecule has 2 aromatic rings. The van der Waals surface area contributed by atoms with E-state index in [1.54, 1.807) is 22.5 Å². The van der Waals surface area contributed by atoms with Crippen molar-refractivity contribution in [2.24, 2.45) is 0 Å². The number of piperazine rings is 2. The maximum absolute atomic E-state index is 13.0. The fraction of sp³-hybridized carbons (Fsp3) is 0.500. The van der Waals surface area contributed by atoms with E-state index in [2.05, 4.69) is 42.7 Å². The Bertz CT molecular complexity index is 1000. The highest BCUT2D eigenvalue weighted by Gasteiger charge is 2.31. The highest BCUT2D eigenvalue weighted by molar-refractivity contribution is 9.10. The minimum Gasteiger partial charge on any atom is -0.354 e. The summed E-state index contributed by atoms with van der Waals surface area (Å²) in [6.45, 7) is 7.86. The van der Waals surface area contributed by atoms with Crippen LogP contribution in [0.25, 0.3) is 0 Å². The van der Waals surface area contributed by atoms with E-state index < -0.39 is 10.0 Å². The summed E-state index contributed by atoms with van der Waals surface area (Å²) < 4.78 is 28.2. The molecule has 2 aliphatic heterocycles. The van der Waals surface area contributed by atoms with Crippen LogP contribution in [-0.4, -0.2) is 87.0 Å². The lowest BCUT2D eigenvalue weighted by atomic mass is 10.3. The number of aromatic nitrogens is 2. The second kappa shape index (κ2) is 8.78. The maximum Gasteiger partial charge on any atom is 0.244 e. The van der Waals surface area contributed by atoms with Crippen molar-refractivity contribution in [1.82, 2.24) is 19.2 Å². The number of hydrogen-bond acceptors (Lipinski definition) is 7. The normalized spacial score (nSPS) is 19.3. The molecule has 0 amide bonds. The van der Waals surface area contributed by atoms with Crippen LogP contribution in [-0.2, 0) is 10.0 Å². The molecule has 0 saturated carbocycles. The Morgan fingerprint density at radius 3 is 2.20 bits per heavy atom. The molecule has 0 radical (unpaired) electrons. The topological polar surface area (TPSA) is 72.9 Å². The number of halogens is 1. The second-order valence-electron chi connectivity index (χ2n) is 7.78. The third-order valence-corrected chi connectivity index (χ3v) is 8.54. The van der Waals surface area contributed by atoms with Gasteiger partial charge in [-0.05, 0) is 42.0 Å². The molecule has 2 fully saturated rings. The van der Waals surface area contributed by atoms with Crippen LogP contribution >= 0.6 is 15.9 Å². The van der Waals surface area contributed by atoms with Crippen LogP contribution in [0.15, 0.2) is 39.7 Å². The summed E-state index contributed by atoms with van der Waals surface area (Å²) in [5, 5.41) is 0. The van der Waals surface area contributed by atoms with Gasteiger partial charge in [-0.3, -0.25) is 0 Å². The summed E-state index contributed by atoms with van der Waals surface area (Å²) >= 11 is 3.36. The highest BCUT2D eigenvalue weighted by Crippen LogP contribution is 2.26. The van der Waals surface area contributed by atoms with Crippen LogP contribution in [0.3, 0.4) is 0 Å². The Balaban J connectivity index is 1.47. The minimum atomic E-state index is -3.53. The summed E-state index contributed by atoms with van der Waals surface area (Å²) in [5.74, 6) is 1.63. The number of nitrogens with zero attached hydrogens (tertiary/aromatic N) is 6. The Hall–Kier alpha value is -1.75. The van der Waals surface area contributed by atoms with Gasteiger partial charge in [0.25, 0.3) is 0 Å². The van der Waals surface area contributed by atoms with Crippen molar-refractivity contribution in [3.8, 4) is 0 Å². The van der Waals surface area contributed by atoms with Gasteiger partial charge in [-0.15, -0.1) is 0 Å². The molecule has 0 spiro atoms. The van der Waals surface area contributed by atoms with Crippen LogP contribution in [0.4, 0.5) is 11.8 Å². The molecule has 4 rings (SSSR count). The summed E-state index contributed by atoms with van der Waals surface area (Å²) in [4.78, 5) is 16.4. The summed E-state index contributed by atoms with van der Waals surface area (Å²) in [6.07, 6.45) is 0. The number of benzene rings is 1. The molecule has 2 aliphatic rings. The average molecular weight is 495 g/mol. The molecule has 0 N–H and O–H groups in total. The van der Waals surface area contributed by atoms with E-state index in [1.807, 2.05) is 19.1 Å². The zero-order valence-electron chi connectivity index (χ0n) is 17.3. The first-order valence-electron chi connectivity index (χ1n) is 10.1. The van der Waals surface area contributed by atoms with Gasteiger partial charge in [0.1, 0.15) is 5.82 Å². The van der Waals surface area contributed by atoms with E-state index in [9.17, 15) is 8.42 Å². The fourth-order valence-corrected chi connectivity index (χ4v) is 6.18. The Morgan fingerprint density at radius 2 is 1.53 bits per heavy atom. The monoisotopic (exact) mass is 494 g/mol. The lowest BCUT2D eigenvalue weighted by Gasteiger charge is -2.36. The lowest BCUT2D eigenvalue weighted by molar-refractivity contribution is 0.312. The first-order chi connectivity index (χ1) is 14.3. The molecular formula is C20H27BrN6O2S. The molecule has 0 bridgehead atoms. The van der Waals surface area contributed by atoms with E-state index >= 15 is 0 Å². The SMILES string of the molecule is Cc1cc(N2CCN(C)CC2)nc(N2CCN(S(=O)(=O)c3ccccc3Br)CC2)n1. The van der Waals surface area contributed by atoms with Crippen molar-refractivity contribution in [1.29, 1.82) is 0 Å². The quantitative estimate of drug-likeness (QED) is 0.641. The molecule has 8 nitrogen and oxygen atoms in total. The van der Waals surface area contributed by atoms with E-state index in [0.717, 1.165) is 37.7 Å². The summed E-state index contributed by atoms with van der Waals surface area (Å²) in [7, 11) is -1.40. The Labute approximate surface area is 186 Å². The molecule has 0 aliphatic carbocycles. The molecule has 2 saturated heterocycles. The molecular weight excluding hydrogens is 468 g/mol. The van der Waals surface area contributed by atoms with Crippen molar-refractivity contribution in [2.45, 2.75) is 11.8 Å². The molecule has 30 heavy (non-hydrogen) atoms. The number of sulfonamides is 1. The smallest absolute Gasteiger partial charge is 0.244 e. The van der Waals surface area contributed by atoms with Gasteiger partial charge in [0.05, 0.1) is 4.90 Å². The van der Waals surface area contributed by atoms with Gasteiger partial charge in [0.2, 0.25) is 16.0 Å². The third-order valence-electron chi connectivity index (χ3n) is 5.63. The van der Waals surface area contributed by atoms with Gasteiger partial charge in [-0.25, -0.2) is 13.4 Å². The predicted octanol–water partition coefficient (Wildman–Crippen LogP) is 1.81.